The van der Waals surface area contributed by atoms with E-state index in [0.29, 0.717) is 5.82 Å². The van der Waals surface area contributed by atoms with Crippen LogP contribution in [-0.4, -0.2) is 46.3 Å². The molecule has 0 aliphatic carbocycles. The van der Waals surface area contributed by atoms with E-state index in [-0.39, 0.29) is 12.5 Å². The first-order valence-corrected chi connectivity index (χ1v) is 9.22. The van der Waals surface area contributed by atoms with Crippen LogP contribution in [0, 0.1) is 6.92 Å². The number of ether oxygens (including phenoxy) is 1. The molecule has 0 saturated heterocycles. The van der Waals surface area contributed by atoms with Crippen LogP contribution in [0.2, 0.25) is 0 Å². The van der Waals surface area contributed by atoms with Crippen molar-refractivity contribution in [3.05, 3.63) is 53.9 Å². The number of aromatic nitrogens is 4. The van der Waals surface area contributed by atoms with Crippen LogP contribution in [0.4, 0.5) is 11.4 Å². The van der Waals surface area contributed by atoms with Gasteiger partial charge in [0.1, 0.15) is 5.75 Å². The highest BCUT2D eigenvalue weighted by Crippen LogP contribution is 2.30. The molecule has 1 aliphatic heterocycles. The molecule has 0 saturated carbocycles. The van der Waals surface area contributed by atoms with Gasteiger partial charge in [-0.25, -0.2) is 0 Å². The van der Waals surface area contributed by atoms with Gasteiger partial charge in [0.05, 0.1) is 19.3 Å². The molecule has 4 rings (SSSR count). The molecule has 2 aromatic carbocycles. The molecule has 1 aliphatic rings. The summed E-state index contributed by atoms with van der Waals surface area (Å²) in [6, 6.07) is 13.6. The number of nitrogens with zero attached hydrogens (tertiary/aromatic N) is 5. The summed E-state index contributed by atoms with van der Waals surface area (Å²) < 4.78 is 6.95. The molecule has 1 N–H and O–H groups in total. The predicted molar refractivity (Wildman–Crippen MR) is 106 cm³/mol. The number of hydrogen-bond acceptors (Lipinski definition) is 6. The summed E-state index contributed by atoms with van der Waals surface area (Å²) in [5, 5.41) is 14.8. The summed E-state index contributed by atoms with van der Waals surface area (Å²) >= 11 is 0. The van der Waals surface area contributed by atoms with Gasteiger partial charge in [0.25, 0.3) is 0 Å². The fourth-order valence-corrected chi connectivity index (χ4v) is 3.45. The number of aryl methyl sites for hydroxylation is 2. The summed E-state index contributed by atoms with van der Waals surface area (Å²) in [5.74, 6) is 1.56. The van der Waals surface area contributed by atoms with Crippen LogP contribution < -0.4 is 15.0 Å². The normalized spacial score (nSPS) is 13.1. The van der Waals surface area contributed by atoms with Crippen LogP contribution >= 0.6 is 0 Å². The third-order valence-corrected chi connectivity index (χ3v) is 4.87. The van der Waals surface area contributed by atoms with Gasteiger partial charge >= 0.3 is 0 Å². The maximum atomic E-state index is 12.9. The van der Waals surface area contributed by atoms with E-state index in [1.165, 1.54) is 0 Å². The average molecular weight is 378 g/mol. The zero-order chi connectivity index (χ0) is 19.5. The van der Waals surface area contributed by atoms with E-state index in [4.69, 9.17) is 4.74 Å². The average Bonchev–Trinajstić information content (AvgIpc) is 3.17. The lowest BCUT2D eigenvalue weighted by Gasteiger charge is -2.30. The maximum absolute atomic E-state index is 12.9. The number of anilines is 2. The maximum Gasteiger partial charge on any atom is 0.246 e. The molecule has 0 fully saturated rings. The number of fused-ring (bicyclic) bond motifs is 1. The highest BCUT2D eigenvalue weighted by Gasteiger charge is 2.22. The van der Waals surface area contributed by atoms with Crippen molar-refractivity contribution in [1.29, 1.82) is 0 Å². The predicted octanol–water partition coefficient (Wildman–Crippen LogP) is 2.37. The quantitative estimate of drug-likeness (QED) is 0.734. The lowest BCUT2D eigenvalue weighted by molar-refractivity contribution is -0.117. The molecular weight excluding hydrogens is 356 g/mol. The Labute approximate surface area is 163 Å². The SMILES string of the molecule is COc1ccc2c(c1)CCCN2C(=O)CNc1cccc(-n2nnnc2C)c1. The first-order chi connectivity index (χ1) is 13.7. The summed E-state index contributed by atoms with van der Waals surface area (Å²) in [4.78, 5) is 14.7. The molecule has 2 heterocycles. The van der Waals surface area contributed by atoms with Gasteiger partial charge in [-0.05, 0) is 72.2 Å². The van der Waals surface area contributed by atoms with Crippen LogP contribution in [0.3, 0.4) is 0 Å². The summed E-state index contributed by atoms with van der Waals surface area (Å²) in [5.41, 5.74) is 3.80. The third-order valence-electron chi connectivity index (χ3n) is 4.87. The number of carbonyl (C=O) groups is 1. The third kappa shape index (κ3) is 3.53. The minimum atomic E-state index is 0.0372. The van der Waals surface area contributed by atoms with Gasteiger partial charge in [-0.15, -0.1) is 5.10 Å². The zero-order valence-electron chi connectivity index (χ0n) is 15.9. The van der Waals surface area contributed by atoms with Crippen molar-refractivity contribution in [2.75, 3.05) is 30.4 Å². The number of nitrogens with one attached hydrogen (secondary N) is 1. The molecule has 0 radical (unpaired) electrons. The molecule has 8 nitrogen and oxygen atoms in total. The Kier molecular flexibility index (Phi) is 4.92. The number of carbonyl (C=O) groups excluding carboxylic acids is 1. The van der Waals surface area contributed by atoms with Crippen molar-refractivity contribution in [1.82, 2.24) is 20.2 Å². The Balaban J connectivity index is 1.47. The lowest BCUT2D eigenvalue weighted by Crippen LogP contribution is -2.39. The number of amides is 1. The Morgan fingerprint density at radius 3 is 2.93 bits per heavy atom. The molecule has 0 spiro atoms. The lowest BCUT2D eigenvalue weighted by atomic mass is 10.0. The molecule has 144 valence electrons. The van der Waals surface area contributed by atoms with Crippen LogP contribution in [0.15, 0.2) is 42.5 Å². The van der Waals surface area contributed by atoms with Gasteiger partial charge in [-0.2, -0.15) is 4.68 Å². The standard InChI is InChI=1S/C20H22N6O2/c1-14-22-23-24-26(14)17-7-3-6-16(12-17)21-13-20(27)25-10-4-5-15-11-18(28-2)8-9-19(15)25/h3,6-9,11-12,21H,4-5,10,13H2,1-2H3. The van der Waals surface area contributed by atoms with Gasteiger partial charge in [-0.3, -0.25) is 4.79 Å². The smallest absolute Gasteiger partial charge is 0.246 e. The minimum absolute atomic E-state index is 0.0372. The molecule has 28 heavy (non-hydrogen) atoms. The first-order valence-electron chi connectivity index (χ1n) is 9.22. The van der Waals surface area contributed by atoms with E-state index < -0.39 is 0 Å². The fraction of sp³-hybridized carbons (Fsp3) is 0.300. The van der Waals surface area contributed by atoms with Crippen molar-refractivity contribution < 1.29 is 9.53 Å². The van der Waals surface area contributed by atoms with E-state index in [0.717, 1.165) is 47.8 Å². The van der Waals surface area contributed by atoms with Gasteiger partial charge in [0, 0.05) is 17.9 Å². The summed E-state index contributed by atoms with van der Waals surface area (Å²) in [6.45, 7) is 2.78. The highest BCUT2D eigenvalue weighted by molar-refractivity contribution is 5.97. The Morgan fingerprint density at radius 1 is 1.25 bits per heavy atom. The van der Waals surface area contributed by atoms with E-state index in [1.54, 1.807) is 11.8 Å². The zero-order valence-corrected chi connectivity index (χ0v) is 15.9. The van der Waals surface area contributed by atoms with Crippen LogP contribution in [0.5, 0.6) is 5.75 Å². The van der Waals surface area contributed by atoms with Crippen molar-refractivity contribution in [3.63, 3.8) is 0 Å². The highest BCUT2D eigenvalue weighted by atomic mass is 16.5. The first kappa shape index (κ1) is 18.0. The van der Waals surface area contributed by atoms with Crippen molar-refractivity contribution in [3.8, 4) is 11.4 Å². The van der Waals surface area contributed by atoms with E-state index in [1.807, 2.05) is 54.3 Å². The van der Waals surface area contributed by atoms with Crippen molar-refractivity contribution in [2.24, 2.45) is 0 Å². The van der Waals surface area contributed by atoms with Crippen LogP contribution in [0.1, 0.15) is 17.8 Å². The number of hydrogen-bond donors (Lipinski definition) is 1. The Bertz CT molecular complexity index is 1000. The minimum Gasteiger partial charge on any atom is -0.497 e. The molecule has 0 bridgehead atoms. The molecule has 0 unspecified atom stereocenters. The van der Waals surface area contributed by atoms with Crippen LogP contribution in [-0.2, 0) is 11.2 Å². The molecule has 8 heteroatoms. The van der Waals surface area contributed by atoms with E-state index in [2.05, 4.69) is 20.8 Å². The molecule has 0 atom stereocenters. The largest absolute Gasteiger partial charge is 0.497 e. The van der Waals surface area contributed by atoms with Crippen LogP contribution in [0.25, 0.3) is 5.69 Å². The molecule has 1 amide bonds. The van der Waals surface area contributed by atoms with Gasteiger partial charge in [-0.1, -0.05) is 6.07 Å². The fourth-order valence-electron chi connectivity index (χ4n) is 3.45. The summed E-state index contributed by atoms with van der Waals surface area (Å²) in [6.07, 6.45) is 1.90. The Hall–Kier alpha value is -3.42. The number of methoxy groups -OCH3 is 1. The monoisotopic (exact) mass is 378 g/mol. The van der Waals surface area contributed by atoms with Gasteiger partial charge < -0.3 is 15.0 Å². The van der Waals surface area contributed by atoms with Crippen molar-refractivity contribution in [2.45, 2.75) is 19.8 Å². The second-order valence-corrected chi connectivity index (χ2v) is 6.69. The number of benzene rings is 2. The topological polar surface area (TPSA) is 85.2 Å². The van der Waals surface area contributed by atoms with E-state index in [9.17, 15) is 4.79 Å². The van der Waals surface area contributed by atoms with E-state index >= 15 is 0 Å². The summed E-state index contributed by atoms with van der Waals surface area (Å²) in [7, 11) is 1.66. The number of tetrazole rings is 1. The van der Waals surface area contributed by atoms with Gasteiger partial charge in [0.2, 0.25) is 5.91 Å². The number of rotatable bonds is 5. The van der Waals surface area contributed by atoms with Gasteiger partial charge in [0.15, 0.2) is 5.82 Å². The second-order valence-electron chi connectivity index (χ2n) is 6.69. The molecular formula is C20H22N6O2. The Morgan fingerprint density at radius 2 is 2.14 bits per heavy atom. The molecule has 1 aromatic heterocycles. The molecule has 3 aromatic rings. The second kappa shape index (κ2) is 7.67. The van der Waals surface area contributed by atoms with Crippen molar-refractivity contribution >= 4 is 17.3 Å².